The standard InChI is InChI=1S/C15H18N4O/c20-15(14-16-11-17-18-14)19-9-5-4-8-13(10-19)12-6-2-1-3-7-12/h1-3,6-7,11,13H,4-5,8-10H2,(H,16,17,18)/t13-/m0/s1. The number of H-pyrrole nitrogens is 1. The molecule has 0 unspecified atom stereocenters. The number of nitrogens with one attached hydrogen (secondary N) is 1. The van der Waals surface area contributed by atoms with Crippen LogP contribution >= 0.6 is 0 Å². The molecule has 0 radical (unpaired) electrons. The van der Waals surface area contributed by atoms with E-state index in [9.17, 15) is 4.79 Å². The molecule has 20 heavy (non-hydrogen) atoms. The van der Waals surface area contributed by atoms with Crippen molar-refractivity contribution in [2.75, 3.05) is 13.1 Å². The highest BCUT2D eigenvalue weighted by atomic mass is 16.2. The zero-order chi connectivity index (χ0) is 13.8. The van der Waals surface area contributed by atoms with E-state index in [2.05, 4.69) is 39.4 Å². The monoisotopic (exact) mass is 270 g/mol. The lowest BCUT2D eigenvalue weighted by atomic mass is 9.94. The molecule has 1 aliphatic heterocycles. The largest absolute Gasteiger partial charge is 0.335 e. The van der Waals surface area contributed by atoms with E-state index in [0.717, 1.165) is 32.4 Å². The summed E-state index contributed by atoms with van der Waals surface area (Å²) < 4.78 is 0. The molecule has 1 fully saturated rings. The average molecular weight is 270 g/mol. The molecule has 1 aromatic carbocycles. The second-order valence-electron chi connectivity index (χ2n) is 5.19. The normalized spacial score (nSPS) is 19.6. The number of aromatic nitrogens is 3. The molecule has 5 nitrogen and oxygen atoms in total. The zero-order valence-electron chi connectivity index (χ0n) is 11.3. The third kappa shape index (κ3) is 2.71. The van der Waals surface area contributed by atoms with Gasteiger partial charge in [0, 0.05) is 19.0 Å². The highest BCUT2D eigenvalue weighted by Crippen LogP contribution is 2.26. The Kier molecular flexibility index (Phi) is 3.76. The summed E-state index contributed by atoms with van der Waals surface area (Å²) in [6, 6.07) is 10.4. The average Bonchev–Trinajstić information content (AvgIpc) is 2.92. The van der Waals surface area contributed by atoms with Crippen molar-refractivity contribution in [1.29, 1.82) is 0 Å². The molecular weight excluding hydrogens is 252 g/mol. The summed E-state index contributed by atoms with van der Waals surface area (Å²) in [5.41, 5.74) is 1.31. The van der Waals surface area contributed by atoms with E-state index in [1.807, 2.05) is 11.0 Å². The first-order valence-electron chi connectivity index (χ1n) is 7.04. The third-order valence-electron chi connectivity index (χ3n) is 3.85. The minimum atomic E-state index is -0.0506. The van der Waals surface area contributed by atoms with E-state index in [0.29, 0.717) is 11.7 Å². The quantitative estimate of drug-likeness (QED) is 0.910. The highest BCUT2D eigenvalue weighted by Gasteiger charge is 2.25. The van der Waals surface area contributed by atoms with Crippen LogP contribution in [0.15, 0.2) is 36.7 Å². The minimum Gasteiger partial charge on any atom is -0.335 e. The number of carbonyl (C=O) groups excluding carboxylic acids is 1. The molecule has 1 atom stereocenters. The fourth-order valence-corrected chi connectivity index (χ4v) is 2.78. The summed E-state index contributed by atoms with van der Waals surface area (Å²) >= 11 is 0. The summed E-state index contributed by atoms with van der Waals surface area (Å²) in [5, 5.41) is 6.41. The van der Waals surface area contributed by atoms with Gasteiger partial charge in [0.1, 0.15) is 6.33 Å². The molecule has 1 saturated heterocycles. The Morgan fingerprint density at radius 2 is 2.10 bits per heavy atom. The molecule has 0 saturated carbocycles. The van der Waals surface area contributed by atoms with Gasteiger partial charge in [0.2, 0.25) is 5.82 Å². The number of amides is 1. The van der Waals surface area contributed by atoms with E-state index >= 15 is 0 Å². The summed E-state index contributed by atoms with van der Waals surface area (Å²) in [4.78, 5) is 18.2. The van der Waals surface area contributed by atoms with Crippen LogP contribution in [-0.2, 0) is 0 Å². The smallest absolute Gasteiger partial charge is 0.291 e. The molecule has 2 heterocycles. The lowest BCUT2D eigenvalue weighted by molar-refractivity contribution is 0.0742. The van der Waals surface area contributed by atoms with Crippen LogP contribution in [0.4, 0.5) is 0 Å². The van der Waals surface area contributed by atoms with Crippen molar-refractivity contribution in [2.45, 2.75) is 25.2 Å². The molecule has 2 aromatic rings. The molecule has 1 amide bonds. The van der Waals surface area contributed by atoms with Gasteiger partial charge in [0.05, 0.1) is 0 Å². The summed E-state index contributed by atoms with van der Waals surface area (Å²) in [6.07, 6.45) is 4.70. The first kappa shape index (κ1) is 12.8. The maximum absolute atomic E-state index is 12.4. The minimum absolute atomic E-state index is 0.0506. The Morgan fingerprint density at radius 3 is 2.85 bits per heavy atom. The second kappa shape index (κ2) is 5.86. The Morgan fingerprint density at radius 1 is 1.25 bits per heavy atom. The fraction of sp³-hybridized carbons (Fsp3) is 0.400. The van der Waals surface area contributed by atoms with E-state index in [-0.39, 0.29) is 5.91 Å². The summed E-state index contributed by atoms with van der Waals surface area (Å²) in [7, 11) is 0. The maximum Gasteiger partial charge on any atom is 0.291 e. The van der Waals surface area contributed by atoms with E-state index < -0.39 is 0 Å². The number of aromatic amines is 1. The number of benzene rings is 1. The van der Waals surface area contributed by atoms with Crippen molar-refractivity contribution in [3.8, 4) is 0 Å². The van der Waals surface area contributed by atoms with Crippen molar-refractivity contribution in [3.63, 3.8) is 0 Å². The van der Waals surface area contributed by atoms with Gasteiger partial charge >= 0.3 is 0 Å². The number of rotatable bonds is 2. The molecule has 1 aromatic heterocycles. The van der Waals surface area contributed by atoms with Gasteiger partial charge in [-0.25, -0.2) is 4.98 Å². The number of carbonyl (C=O) groups is 1. The van der Waals surface area contributed by atoms with Crippen molar-refractivity contribution in [2.24, 2.45) is 0 Å². The molecule has 5 heteroatoms. The number of hydrogen-bond acceptors (Lipinski definition) is 3. The van der Waals surface area contributed by atoms with E-state index in [1.54, 1.807) is 0 Å². The van der Waals surface area contributed by atoms with Crippen molar-refractivity contribution >= 4 is 5.91 Å². The van der Waals surface area contributed by atoms with Gasteiger partial charge in [-0.1, -0.05) is 36.8 Å². The molecule has 0 bridgehead atoms. The SMILES string of the molecule is O=C(c1ncn[nH]1)N1CCCC[C@H](c2ccccc2)C1. The van der Waals surface area contributed by atoms with Crippen molar-refractivity contribution in [1.82, 2.24) is 20.1 Å². The van der Waals surface area contributed by atoms with Gasteiger partial charge in [-0.3, -0.25) is 9.89 Å². The number of nitrogens with zero attached hydrogens (tertiary/aromatic N) is 3. The second-order valence-corrected chi connectivity index (χ2v) is 5.19. The molecule has 1 aliphatic rings. The maximum atomic E-state index is 12.4. The molecule has 1 N–H and O–H groups in total. The van der Waals surface area contributed by atoms with Gasteiger partial charge in [0.25, 0.3) is 5.91 Å². The number of likely N-dealkylation sites (tertiary alicyclic amines) is 1. The molecule has 104 valence electrons. The molecular formula is C15H18N4O. The first-order valence-corrected chi connectivity index (χ1v) is 7.04. The van der Waals surface area contributed by atoms with Crippen LogP contribution in [-0.4, -0.2) is 39.1 Å². The van der Waals surface area contributed by atoms with Gasteiger partial charge in [-0.05, 0) is 18.4 Å². The van der Waals surface area contributed by atoms with Gasteiger partial charge in [0.15, 0.2) is 0 Å². The van der Waals surface area contributed by atoms with Crippen LogP contribution < -0.4 is 0 Å². The lowest BCUT2D eigenvalue weighted by Gasteiger charge is -2.23. The van der Waals surface area contributed by atoms with Gasteiger partial charge in [-0.2, -0.15) is 5.10 Å². The van der Waals surface area contributed by atoms with Crippen LogP contribution in [0.3, 0.4) is 0 Å². The summed E-state index contributed by atoms with van der Waals surface area (Å²) in [6.45, 7) is 1.55. The zero-order valence-corrected chi connectivity index (χ0v) is 11.3. The Hall–Kier alpha value is -2.17. The van der Waals surface area contributed by atoms with Crippen molar-refractivity contribution in [3.05, 3.63) is 48.0 Å². The third-order valence-corrected chi connectivity index (χ3v) is 3.85. The van der Waals surface area contributed by atoms with E-state index in [1.165, 1.54) is 11.9 Å². The van der Waals surface area contributed by atoms with Crippen LogP contribution in [0.5, 0.6) is 0 Å². The first-order chi connectivity index (χ1) is 9.84. The lowest BCUT2D eigenvalue weighted by Crippen LogP contribution is -2.34. The Bertz CT molecular complexity index is 553. The fourth-order valence-electron chi connectivity index (χ4n) is 2.78. The predicted molar refractivity (Wildman–Crippen MR) is 75.3 cm³/mol. The number of hydrogen-bond donors (Lipinski definition) is 1. The van der Waals surface area contributed by atoms with Crippen LogP contribution in [0.1, 0.15) is 41.4 Å². The highest BCUT2D eigenvalue weighted by molar-refractivity contribution is 5.90. The molecule has 0 spiro atoms. The molecule has 3 rings (SSSR count). The van der Waals surface area contributed by atoms with Gasteiger partial charge < -0.3 is 4.90 Å². The predicted octanol–water partition coefficient (Wildman–Crippen LogP) is 2.21. The van der Waals surface area contributed by atoms with Crippen molar-refractivity contribution < 1.29 is 4.79 Å². The summed E-state index contributed by atoms with van der Waals surface area (Å²) in [5.74, 6) is 0.689. The van der Waals surface area contributed by atoms with Crippen LogP contribution in [0.25, 0.3) is 0 Å². The van der Waals surface area contributed by atoms with E-state index in [4.69, 9.17) is 0 Å². The van der Waals surface area contributed by atoms with Crippen LogP contribution in [0.2, 0.25) is 0 Å². The molecule has 0 aliphatic carbocycles. The topological polar surface area (TPSA) is 61.9 Å². The Balaban J connectivity index is 1.77. The van der Waals surface area contributed by atoms with Crippen LogP contribution in [0, 0.1) is 0 Å². The van der Waals surface area contributed by atoms with Gasteiger partial charge in [-0.15, -0.1) is 0 Å². The Labute approximate surface area is 118 Å².